The van der Waals surface area contributed by atoms with Gasteiger partial charge in [0, 0.05) is 19.2 Å². The summed E-state index contributed by atoms with van der Waals surface area (Å²) in [6.07, 6.45) is 0. The largest absolute Gasteiger partial charge is 0.493 e. The highest BCUT2D eigenvalue weighted by Crippen LogP contribution is 2.31. The van der Waals surface area contributed by atoms with Crippen LogP contribution < -0.4 is 10.1 Å². The molecule has 0 fully saturated rings. The molecule has 1 heterocycles. The molecule has 0 spiro atoms. The number of anilines is 1. The van der Waals surface area contributed by atoms with Gasteiger partial charge in [-0.25, -0.2) is 4.98 Å². The van der Waals surface area contributed by atoms with Gasteiger partial charge in [0.25, 0.3) is 0 Å². The van der Waals surface area contributed by atoms with Crippen molar-refractivity contribution in [3.63, 3.8) is 0 Å². The summed E-state index contributed by atoms with van der Waals surface area (Å²) >= 11 is 11.8. The predicted molar refractivity (Wildman–Crippen MR) is 65.8 cm³/mol. The molecule has 0 aliphatic rings. The van der Waals surface area contributed by atoms with Crippen LogP contribution in [0.2, 0.25) is 10.3 Å². The minimum Gasteiger partial charge on any atom is -0.493 e. The molecule has 6 heteroatoms. The first kappa shape index (κ1) is 13.4. The Labute approximate surface area is 105 Å². The molecule has 1 atom stereocenters. The van der Waals surface area contributed by atoms with Crippen molar-refractivity contribution >= 4 is 28.9 Å². The van der Waals surface area contributed by atoms with Crippen molar-refractivity contribution in [2.75, 3.05) is 26.1 Å². The van der Waals surface area contributed by atoms with Gasteiger partial charge in [-0.1, -0.05) is 23.2 Å². The highest BCUT2D eigenvalue weighted by Gasteiger charge is 2.11. The molecule has 0 bridgehead atoms. The van der Waals surface area contributed by atoms with Crippen molar-refractivity contribution in [2.45, 2.75) is 13.0 Å². The molecule has 16 heavy (non-hydrogen) atoms. The van der Waals surface area contributed by atoms with E-state index in [1.165, 1.54) is 7.11 Å². The maximum Gasteiger partial charge on any atom is 0.172 e. The van der Waals surface area contributed by atoms with Crippen LogP contribution >= 0.6 is 23.2 Å². The summed E-state index contributed by atoms with van der Waals surface area (Å²) < 4.78 is 10.1. The number of ether oxygens (including phenoxy) is 2. The minimum atomic E-state index is 0.121. The number of rotatable bonds is 5. The van der Waals surface area contributed by atoms with E-state index in [1.807, 2.05) is 6.92 Å². The van der Waals surface area contributed by atoms with Crippen molar-refractivity contribution in [3.05, 3.63) is 16.4 Å². The van der Waals surface area contributed by atoms with Crippen LogP contribution in [0.25, 0.3) is 0 Å². The molecule has 1 unspecified atom stereocenters. The Morgan fingerprint density at radius 2 is 2.06 bits per heavy atom. The zero-order valence-corrected chi connectivity index (χ0v) is 10.9. The molecular formula is C10H14Cl2N2O2. The SMILES string of the molecule is COCC(C)Nc1cc(OC)c(Cl)nc1Cl. The molecular weight excluding hydrogens is 251 g/mol. The molecule has 0 saturated carbocycles. The molecule has 0 aliphatic carbocycles. The fourth-order valence-corrected chi connectivity index (χ4v) is 1.71. The molecule has 0 radical (unpaired) electrons. The number of pyridine rings is 1. The van der Waals surface area contributed by atoms with E-state index in [4.69, 9.17) is 32.7 Å². The summed E-state index contributed by atoms with van der Waals surface area (Å²) in [5.41, 5.74) is 0.674. The van der Waals surface area contributed by atoms with E-state index in [2.05, 4.69) is 10.3 Å². The maximum atomic E-state index is 5.95. The van der Waals surface area contributed by atoms with Gasteiger partial charge in [0.15, 0.2) is 16.1 Å². The van der Waals surface area contributed by atoms with Gasteiger partial charge in [0.1, 0.15) is 0 Å². The Kier molecular flexibility index (Phi) is 5.12. The highest BCUT2D eigenvalue weighted by molar-refractivity contribution is 6.34. The topological polar surface area (TPSA) is 43.4 Å². The van der Waals surface area contributed by atoms with Crippen LogP contribution in [-0.2, 0) is 4.74 Å². The molecule has 1 rings (SSSR count). The lowest BCUT2D eigenvalue weighted by atomic mass is 10.3. The van der Waals surface area contributed by atoms with Crippen LogP contribution in [0.15, 0.2) is 6.07 Å². The van der Waals surface area contributed by atoms with Gasteiger partial charge >= 0.3 is 0 Å². The third kappa shape index (κ3) is 3.40. The average Bonchev–Trinajstić information content (AvgIpc) is 2.22. The van der Waals surface area contributed by atoms with Crippen LogP contribution in [0.3, 0.4) is 0 Å². The Balaban J connectivity index is 2.87. The second-order valence-corrected chi connectivity index (χ2v) is 4.04. The van der Waals surface area contributed by atoms with Gasteiger partial charge in [-0.05, 0) is 6.92 Å². The highest BCUT2D eigenvalue weighted by atomic mass is 35.5. The minimum absolute atomic E-state index is 0.121. The molecule has 1 N–H and O–H groups in total. The summed E-state index contributed by atoms with van der Waals surface area (Å²) in [5, 5.41) is 3.72. The average molecular weight is 265 g/mol. The lowest BCUT2D eigenvalue weighted by molar-refractivity contribution is 0.190. The number of aromatic nitrogens is 1. The standard InChI is InChI=1S/C10H14Cl2N2O2/c1-6(5-15-2)13-7-4-8(16-3)10(12)14-9(7)11/h4,6,13H,5H2,1-3H3. The Morgan fingerprint density at radius 3 is 2.62 bits per heavy atom. The lowest BCUT2D eigenvalue weighted by Gasteiger charge is -2.16. The first-order chi connectivity index (χ1) is 7.58. The van der Waals surface area contributed by atoms with Crippen LogP contribution in [0.1, 0.15) is 6.92 Å². The molecule has 4 nitrogen and oxygen atoms in total. The van der Waals surface area contributed by atoms with Crippen molar-refractivity contribution in [1.82, 2.24) is 4.98 Å². The Bertz CT molecular complexity index is 361. The number of nitrogens with one attached hydrogen (secondary N) is 1. The first-order valence-corrected chi connectivity index (χ1v) is 5.49. The number of hydrogen-bond donors (Lipinski definition) is 1. The van der Waals surface area contributed by atoms with Gasteiger partial charge in [0.05, 0.1) is 19.4 Å². The first-order valence-electron chi connectivity index (χ1n) is 4.74. The summed E-state index contributed by atoms with van der Waals surface area (Å²) in [7, 11) is 3.17. The van der Waals surface area contributed by atoms with E-state index in [9.17, 15) is 0 Å². The fourth-order valence-electron chi connectivity index (χ4n) is 1.25. The van der Waals surface area contributed by atoms with Crippen molar-refractivity contribution < 1.29 is 9.47 Å². The van der Waals surface area contributed by atoms with E-state index in [-0.39, 0.29) is 11.2 Å². The van der Waals surface area contributed by atoms with E-state index in [1.54, 1.807) is 13.2 Å². The summed E-state index contributed by atoms with van der Waals surface area (Å²) in [6.45, 7) is 2.54. The van der Waals surface area contributed by atoms with E-state index < -0.39 is 0 Å². The van der Waals surface area contributed by atoms with Gasteiger partial charge in [-0.15, -0.1) is 0 Å². The van der Waals surface area contributed by atoms with E-state index >= 15 is 0 Å². The number of nitrogens with zero attached hydrogens (tertiary/aromatic N) is 1. The van der Waals surface area contributed by atoms with E-state index in [0.29, 0.717) is 23.2 Å². The second kappa shape index (κ2) is 6.13. The molecule has 0 amide bonds. The van der Waals surface area contributed by atoms with Gasteiger partial charge in [0.2, 0.25) is 0 Å². The fraction of sp³-hybridized carbons (Fsp3) is 0.500. The van der Waals surface area contributed by atoms with Crippen molar-refractivity contribution in [2.24, 2.45) is 0 Å². The third-order valence-corrected chi connectivity index (χ3v) is 2.49. The predicted octanol–water partition coefficient (Wildman–Crippen LogP) is 2.84. The maximum absolute atomic E-state index is 5.95. The smallest absolute Gasteiger partial charge is 0.172 e. The number of hydrogen-bond acceptors (Lipinski definition) is 4. The summed E-state index contributed by atoms with van der Waals surface area (Å²) in [4.78, 5) is 3.96. The number of methoxy groups -OCH3 is 2. The van der Waals surface area contributed by atoms with Crippen LogP contribution in [0, 0.1) is 0 Å². The lowest BCUT2D eigenvalue weighted by Crippen LogP contribution is -2.21. The zero-order chi connectivity index (χ0) is 12.1. The quantitative estimate of drug-likeness (QED) is 0.831. The van der Waals surface area contributed by atoms with Gasteiger partial charge in [-0.3, -0.25) is 0 Å². The normalized spacial score (nSPS) is 12.3. The van der Waals surface area contributed by atoms with Crippen molar-refractivity contribution in [1.29, 1.82) is 0 Å². The molecule has 0 aromatic carbocycles. The molecule has 1 aromatic rings. The Morgan fingerprint density at radius 1 is 1.38 bits per heavy atom. The number of halogens is 2. The van der Waals surface area contributed by atoms with E-state index in [0.717, 1.165) is 0 Å². The third-order valence-electron chi connectivity index (χ3n) is 1.94. The zero-order valence-electron chi connectivity index (χ0n) is 9.38. The van der Waals surface area contributed by atoms with Gasteiger partial charge in [-0.2, -0.15) is 0 Å². The van der Waals surface area contributed by atoms with Crippen LogP contribution in [-0.4, -0.2) is 31.9 Å². The summed E-state index contributed by atoms with van der Waals surface area (Å²) in [5.74, 6) is 0.484. The van der Waals surface area contributed by atoms with Crippen molar-refractivity contribution in [3.8, 4) is 5.75 Å². The second-order valence-electron chi connectivity index (χ2n) is 3.32. The molecule has 1 aromatic heterocycles. The van der Waals surface area contributed by atoms with Crippen LogP contribution in [0.5, 0.6) is 5.75 Å². The molecule has 0 saturated heterocycles. The Hall–Kier alpha value is -0.710. The van der Waals surface area contributed by atoms with Gasteiger partial charge < -0.3 is 14.8 Å². The summed E-state index contributed by atoms with van der Waals surface area (Å²) in [6, 6.07) is 1.83. The molecule has 90 valence electrons. The van der Waals surface area contributed by atoms with Crippen LogP contribution in [0.4, 0.5) is 5.69 Å². The monoisotopic (exact) mass is 264 g/mol. The molecule has 0 aliphatic heterocycles.